The first-order chi connectivity index (χ1) is 10.2. The lowest BCUT2D eigenvalue weighted by Crippen LogP contribution is -2.63. The maximum Gasteiger partial charge on any atom is 0.302 e. The van der Waals surface area contributed by atoms with Gasteiger partial charge in [-0.05, 0) is 25.3 Å². The van der Waals surface area contributed by atoms with Crippen molar-refractivity contribution in [2.45, 2.75) is 64.8 Å². The van der Waals surface area contributed by atoms with Crippen LogP contribution in [0.3, 0.4) is 0 Å². The molecule has 1 heterocycles. The molecule has 1 aromatic rings. The number of fused-ring (bicyclic) bond motifs is 2. The number of carbonyl (C=O) groups is 1. The van der Waals surface area contributed by atoms with E-state index in [-0.39, 0.29) is 18.0 Å². The summed E-state index contributed by atoms with van der Waals surface area (Å²) in [6.07, 6.45) is 1.96. The van der Waals surface area contributed by atoms with Crippen molar-refractivity contribution in [3.63, 3.8) is 0 Å². The lowest BCUT2D eigenvalue weighted by molar-refractivity contribution is -0.227. The lowest BCUT2D eigenvalue weighted by Gasteiger charge is -2.58. The predicted octanol–water partition coefficient (Wildman–Crippen LogP) is 2.28. The Kier molecular flexibility index (Phi) is 3.42. The minimum Gasteiger partial charge on any atom is -0.469 e. The van der Waals surface area contributed by atoms with Crippen molar-refractivity contribution in [2.75, 3.05) is 0 Å². The zero-order chi connectivity index (χ0) is 16.3. The molecule has 2 aliphatic rings. The molecule has 1 aromatic heterocycles. The Hall–Kier alpha value is -1.33. The van der Waals surface area contributed by atoms with Crippen molar-refractivity contribution in [3.05, 3.63) is 23.2 Å². The van der Waals surface area contributed by atoms with Crippen LogP contribution in [0.5, 0.6) is 0 Å². The van der Waals surface area contributed by atoms with E-state index in [1.165, 1.54) is 6.92 Å². The van der Waals surface area contributed by atoms with Gasteiger partial charge in [0.15, 0.2) is 0 Å². The van der Waals surface area contributed by atoms with Crippen LogP contribution < -0.4 is 0 Å². The molecule has 2 aliphatic carbocycles. The first-order valence-corrected chi connectivity index (χ1v) is 7.85. The second kappa shape index (κ2) is 4.83. The molecule has 0 unspecified atom stereocenters. The maximum atomic E-state index is 11.3. The molecular weight excluding hydrogens is 284 g/mol. The zero-order valence-corrected chi connectivity index (χ0v) is 13.5. The molecule has 0 radical (unpaired) electrons. The van der Waals surface area contributed by atoms with Crippen molar-refractivity contribution < 1.29 is 24.2 Å². The standard InChI is InChI=1S/C17H24O5/c1-9-8-21-13-7-17(20)6-5-12(22-11(3)18)10(2)16(17,4)15(19)14(9)13/h8,10,12,15,19-20H,5-7H2,1-4H3/t10-,12-,15+,16-,17-/m0/s1. The summed E-state index contributed by atoms with van der Waals surface area (Å²) in [5, 5.41) is 22.3. The Morgan fingerprint density at radius 1 is 1.50 bits per heavy atom. The number of aliphatic hydroxyl groups is 2. The van der Waals surface area contributed by atoms with Crippen LogP contribution in [0.1, 0.15) is 56.6 Å². The quantitative estimate of drug-likeness (QED) is 0.778. The SMILES string of the molecule is CC(=O)O[C@H]1CC[C@]2(O)Cc3occ(C)c3[C@@H](O)[C@]2(C)[C@H]1C. The number of furan rings is 1. The van der Waals surface area contributed by atoms with Gasteiger partial charge in [-0.1, -0.05) is 13.8 Å². The highest BCUT2D eigenvalue weighted by atomic mass is 16.5. The van der Waals surface area contributed by atoms with Crippen LogP contribution >= 0.6 is 0 Å². The smallest absolute Gasteiger partial charge is 0.302 e. The normalized spacial score (nSPS) is 40.7. The fourth-order valence-electron chi connectivity index (χ4n) is 4.44. The van der Waals surface area contributed by atoms with Crippen molar-refractivity contribution in [1.29, 1.82) is 0 Å². The number of aryl methyl sites for hydroxylation is 1. The van der Waals surface area contributed by atoms with E-state index in [1.807, 2.05) is 20.8 Å². The van der Waals surface area contributed by atoms with Crippen LogP contribution in [0, 0.1) is 18.3 Å². The van der Waals surface area contributed by atoms with Gasteiger partial charge in [0.1, 0.15) is 11.9 Å². The monoisotopic (exact) mass is 308 g/mol. The molecule has 5 atom stereocenters. The predicted molar refractivity (Wildman–Crippen MR) is 79.1 cm³/mol. The van der Waals surface area contributed by atoms with Crippen molar-refractivity contribution >= 4 is 5.97 Å². The van der Waals surface area contributed by atoms with Crippen LogP contribution in [-0.2, 0) is 16.0 Å². The molecule has 0 aliphatic heterocycles. The lowest BCUT2D eigenvalue weighted by atomic mass is 9.51. The topological polar surface area (TPSA) is 79.9 Å². The number of esters is 1. The number of rotatable bonds is 1. The largest absolute Gasteiger partial charge is 0.469 e. The van der Waals surface area contributed by atoms with Crippen LogP contribution in [-0.4, -0.2) is 27.9 Å². The van der Waals surface area contributed by atoms with E-state index in [0.717, 1.165) is 11.1 Å². The molecule has 1 saturated carbocycles. The van der Waals surface area contributed by atoms with Gasteiger partial charge in [-0.15, -0.1) is 0 Å². The first-order valence-electron chi connectivity index (χ1n) is 7.85. The van der Waals surface area contributed by atoms with Crippen molar-refractivity contribution in [3.8, 4) is 0 Å². The van der Waals surface area contributed by atoms with Crippen molar-refractivity contribution in [2.24, 2.45) is 11.3 Å². The van der Waals surface area contributed by atoms with E-state index in [0.29, 0.717) is 25.0 Å². The number of hydrogen-bond acceptors (Lipinski definition) is 5. The molecule has 0 amide bonds. The Labute approximate surface area is 130 Å². The molecule has 3 rings (SSSR count). The van der Waals surface area contributed by atoms with Gasteiger partial charge in [-0.3, -0.25) is 4.79 Å². The summed E-state index contributed by atoms with van der Waals surface area (Å²) >= 11 is 0. The molecule has 122 valence electrons. The van der Waals surface area contributed by atoms with Crippen molar-refractivity contribution in [1.82, 2.24) is 0 Å². The third-order valence-corrected chi connectivity index (χ3v) is 6.06. The highest BCUT2D eigenvalue weighted by Crippen LogP contribution is 2.60. The molecule has 2 N–H and O–H groups in total. The number of carbonyl (C=O) groups excluding carboxylic acids is 1. The Morgan fingerprint density at radius 2 is 2.18 bits per heavy atom. The average Bonchev–Trinajstić information content (AvgIpc) is 2.79. The summed E-state index contributed by atoms with van der Waals surface area (Å²) in [7, 11) is 0. The summed E-state index contributed by atoms with van der Waals surface area (Å²) < 4.78 is 11.0. The average molecular weight is 308 g/mol. The van der Waals surface area contributed by atoms with E-state index in [9.17, 15) is 15.0 Å². The minimum atomic E-state index is -1.06. The van der Waals surface area contributed by atoms with Crippen LogP contribution in [0.25, 0.3) is 0 Å². The summed E-state index contributed by atoms with van der Waals surface area (Å²) in [5.74, 6) is 0.187. The van der Waals surface area contributed by atoms with E-state index < -0.39 is 17.1 Å². The second-order valence-electron chi connectivity index (χ2n) is 7.12. The Morgan fingerprint density at radius 3 is 2.82 bits per heavy atom. The number of ether oxygens (including phenoxy) is 1. The van der Waals surface area contributed by atoms with Gasteiger partial charge >= 0.3 is 5.97 Å². The Bertz CT molecular complexity index is 606. The van der Waals surface area contributed by atoms with E-state index in [2.05, 4.69) is 0 Å². The molecule has 0 saturated heterocycles. The maximum absolute atomic E-state index is 11.3. The minimum absolute atomic E-state index is 0.160. The van der Waals surface area contributed by atoms with Gasteiger partial charge in [0.05, 0.1) is 18.0 Å². The van der Waals surface area contributed by atoms with Crippen LogP contribution in [0.2, 0.25) is 0 Å². The summed E-state index contributed by atoms with van der Waals surface area (Å²) in [5.41, 5.74) is -0.164. The summed E-state index contributed by atoms with van der Waals surface area (Å²) in [4.78, 5) is 11.3. The molecular formula is C17H24O5. The number of hydrogen-bond donors (Lipinski definition) is 2. The van der Waals surface area contributed by atoms with E-state index >= 15 is 0 Å². The number of aliphatic hydroxyl groups excluding tert-OH is 1. The third-order valence-electron chi connectivity index (χ3n) is 6.06. The molecule has 22 heavy (non-hydrogen) atoms. The summed E-state index contributed by atoms with van der Waals surface area (Å²) in [6.45, 7) is 7.14. The highest BCUT2D eigenvalue weighted by Gasteiger charge is 2.63. The Balaban J connectivity index is 2.05. The summed E-state index contributed by atoms with van der Waals surface area (Å²) in [6, 6.07) is 0. The zero-order valence-electron chi connectivity index (χ0n) is 13.5. The van der Waals surface area contributed by atoms with Gasteiger partial charge in [0.25, 0.3) is 0 Å². The van der Waals surface area contributed by atoms with E-state index in [4.69, 9.17) is 9.15 Å². The second-order valence-corrected chi connectivity index (χ2v) is 7.12. The first kappa shape index (κ1) is 15.6. The van der Waals surface area contributed by atoms with Gasteiger partial charge in [0.2, 0.25) is 0 Å². The third kappa shape index (κ3) is 1.88. The molecule has 5 heteroatoms. The molecule has 0 spiro atoms. The fourth-order valence-corrected chi connectivity index (χ4v) is 4.44. The molecule has 0 bridgehead atoms. The van der Waals surface area contributed by atoms with Crippen LogP contribution in [0.15, 0.2) is 10.7 Å². The van der Waals surface area contributed by atoms with Gasteiger partial charge in [-0.25, -0.2) is 0 Å². The van der Waals surface area contributed by atoms with E-state index in [1.54, 1.807) is 6.26 Å². The molecule has 5 nitrogen and oxygen atoms in total. The van der Waals surface area contributed by atoms with Gasteiger partial charge < -0.3 is 19.4 Å². The molecule has 1 fully saturated rings. The van der Waals surface area contributed by atoms with Gasteiger partial charge in [-0.2, -0.15) is 0 Å². The fraction of sp³-hybridized carbons (Fsp3) is 0.706. The molecule has 0 aromatic carbocycles. The highest BCUT2D eigenvalue weighted by molar-refractivity contribution is 5.66. The van der Waals surface area contributed by atoms with Crippen LogP contribution in [0.4, 0.5) is 0 Å². The van der Waals surface area contributed by atoms with Gasteiger partial charge in [0, 0.05) is 30.2 Å².